The third-order valence-corrected chi connectivity index (χ3v) is 4.91. The number of carbonyl (C=O) groups excluding carboxylic acids is 1. The molecule has 3 nitrogen and oxygen atoms in total. The molecule has 0 aromatic carbocycles. The highest BCUT2D eigenvalue weighted by Gasteiger charge is 2.69. The van der Waals surface area contributed by atoms with Crippen LogP contribution in [0.25, 0.3) is 0 Å². The highest BCUT2D eigenvalue weighted by Crippen LogP contribution is 2.65. The minimum absolute atomic E-state index is 0.0486. The van der Waals surface area contributed by atoms with Gasteiger partial charge in [0.05, 0.1) is 5.92 Å². The minimum atomic E-state index is -0.317. The number of ether oxygens (including phenoxy) is 1. The van der Waals surface area contributed by atoms with Crippen LogP contribution >= 0.6 is 0 Å². The molecule has 1 N–H and O–H groups in total. The summed E-state index contributed by atoms with van der Waals surface area (Å²) in [4.78, 5) is 12.0. The van der Waals surface area contributed by atoms with Gasteiger partial charge in [-0.3, -0.25) is 4.79 Å². The van der Waals surface area contributed by atoms with Crippen molar-refractivity contribution < 1.29 is 14.6 Å². The highest BCUT2D eigenvalue weighted by molar-refractivity contribution is 5.77. The van der Waals surface area contributed by atoms with Crippen LogP contribution in [0.4, 0.5) is 0 Å². The Morgan fingerprint density at radius 2 is 2.22 bits per heavy atom. The second-order valence-corrected chi connectivity index (χ2v) is 6.58. The zero-order chi connectivity index (χ0) is 13.6. The Hall–Kier alpha value is -0.830. The van der Waals surface area contributed by atoms with Gasteiger partial charge in [0.25, 0.3) is 0 Å². The summed E-state index contributed by atoms with van der Waals surface area (Å²) < 4.78 is 5.79. The Labute approximate surface area is 109 Å². The molecule has 2 aliphatic rings. The van der Waals surface area contributed by atoms with Gasteiger partial charge < -0.3 is 9.84 Å². The average Bonchev–Trinajstić information content (AvgIpc) is 2.49. The molecule has 1 aliphatic carbocycles. The molecule has 1 saturated carbocycles. The first kappa shape index (κ1) is 13.6. The quantitative estimate of drug-likeness (QED) is 0.604. The van der Waals surface area contributed by atoms with E-state index in [-0.39, 0.29) is 35.4 Å². The first-order valence-corrected chi connectivity index (χ1v) is 6.82. The van der Waals surface area contributed by atoms with Crippen LogP contribution in [0.5, 0.6) is 0 Å². The molecule has 0 radical (unpaired) electrons. The summed E-state index contributed by atoms with van der Waals surface area (Å²) in [6, 6.07) is 0. The maximum atomic E-state index is 12.0. The van der Waals surface area contributed by atoms with E-state index >= 15 is 0 Å². The number of allylic oxidation sites excluding steroid dienone is 1. The largest absolute Gasteiger partial charge is 0.458 e. The van der Waals surface area contributed by atoms with Gasteiger partial charge in [-0.25, -0.2) is 0 Å². The van der Waals surface area contributed by atoms with Crippen LogP contribution in [0.15, 0.2) is 12.2 Å². The number of carbonyl (C=O) groups is 1. The van der Waals surface area contributed by atoms with Crippen molar-refractivity contribution in [2.75, 3.05) is 6.61 Å². The van der Waals surface area contributed by atoms with E-state index in [0.29, 0.717) is 6.42 Å². The van der Waals surface area contributed by atoms with E-state index in [1.165, 1.54) is 0 Å². The lowest BCUT2D eigenvalue weighted by Gasteiger charge is -2.57. The molecule has 2 fully saturated rings. The van der Waals surface area contributed by atoms with Gasteiger partial charge in [0.2, 0.25) is 0 Å². The Morgan fingerprint density at radius 3 is 2.72 bits per heavy atom. The normalized spacial score (nSPS) is 36.8. The van der Waals surface area contributed by atoms with Crippen LogP contribution in [-0.2, 0) is 9.53 Å². The monoisotopic (exact) mass is 252 g/mol. The summed E-state index contributed by atoms with van der Waals surface area (Å²) in [6.07, 6.45) is 3.32. The summed E-state index contributed by atoms with van der Waals surface area (Å²) in [7, 11) is 0. The highest BCUT2D eigenvalue weighted by atomic mass is 16.6. The molecule has 1 saturated heterocycles. The van der Waals surface area contributed by atoms with E-state index in [0.717, 1.165) is 24.8 Å². The van der Waals surface area contributed by atoms with Gasteiger partial charge in [0.1, 0.15) is 5.60 Å². The molecule has 18 heavy (non-hydrogen) atoms. The van der Waals surface area contributed by atoms with E-state index < -0.39 is 0 Å². The second-order valence-electron chi connectivity index (χ2n) is 6.58. The predicted molar refractivity (Wildman–Crippen MR) is 70.0 cm³/mol. The molecule has 0 aromatic heterocycles. The van der Waals surface area contributed by atoms with Crippen molar-refractivity contribution in [3.63, 3.8) is 0 Å². The molecule has 3 heteroatoms. The third kappa shape index (κ3) is 1.80. The summed E-state index contributed by atoms with van der Waals surface area (Å²) in [5.74, 6) is 0.0704. The van der Waals surface area contributed by atoms with Gasteiger partial charge in [-0.15, -0.1) is 6.58 Å². The van der Waals surface area contributed by atoms with Crippen molar-refractivity contribution >= 4 is 5.97 Å². The van der Waals surface area contributed by atoms with Crippen molar-refractivity contribution in [1.29, 1.82) is 0 Å². The van der Waals surface area contributed by atoms with E-state index in [9.17, 15) is 4.79 Å². The molecule has 1 aliphatic heterocycles. The fourth-order valence-corrected chi connectivity index (χ4v) is 3.79. The summed E-state index contributed by atoms with van der Waals surface area (Å²) in [5, 5.41) is 9.08. The summed E-state index contributed by atoms with van der Waals surface area (Å²) in [6.45, 7) is 10.4. The number of hydrogen-bond acceptors (Lipinski definition) is 3. The number of aliphatic hydroxyl groups is 1. The molecule has 1 heterocycles. The average molecular weight is 252 g/mol. The van der Waals surface area contributed by atoms with E-state index in [1.54, 1.807) is 0 Å². The predicted octanol–water partition coefficient (Wildman–Crippen LogP) is 2.68. The molecule has 0 spiro atoms. The molecule has 0 unspecified atom stereocenters. The van der Waals surface area contributed by atoms with Crippen LogP contribution in [0.2, 0.25) is 0 Å². The van der Waals surface area contributed by atoms with E-state index in [4.69, 9.17) is 9.84 Å². The molecule has 0 bridgehead atoms. The molecule has 102 valence electrons. The first-order chi connectivity index (χ1) is 8.34. The molecule has 0 amide bonds. The Kier molecular flexibility index (Phi) is 3.30. The van der Waals surface area contributed by atoms with Gasteiger partial charge >= 0.3 is 5.97 Å². The number of aliphatic hydroxyl groups excluding tert-OH is 1. The van der Waals surface area contributed by atoms with Crippen LogP contribution < -0.4 is 0 Å². The summed E-state index contributed by atoms with van der Waals surface area (Å²) >= 11 is 0. The van der Waals surface area contributed by atoms with Crippen molar-refractivity contribution in [2.45, 2.75) is 52.1 Å². The molecular formula is C15H24O3. The van der Waals surface area contributed by atoms with Crippen LogP contribution in [0.1, 0.15) is 46.5 Å². The zero-order valence-electron chi connectivity index (χ0n) is 11.7. The number of esters is 1. The Morgan fingerprint density at radius 1 is 1.56 bits per heavy atom. The summed E-state index contributed by atoms with van der Waals surface area (Å²) in [5.41, 5.74) is 0.864. The number of rotatable bonds is 5. The fraction of sp³-hybridized carbons (Fsp3) is 0.800. The van der Waals surface area contributed by atoms with Gasteiger partial charge in [0, 0.05) is 17.9 Å². The van der Waals surface area contributed by atoms with Crippen molar-refractivity contribution in [1.82, 2.24) is 0 Å². The second kappa shape index (κ2) is 4.37. The van der Waals surface area contributed by atoms with Gasteiger partial charge in [0.15, 0.2) is 0 Å². The maximum absolute atomic E-state index is 12.0. The van der Waals surface area contributed by atoms with Crippen LogP contribution in [-0.4, -0.2) is 23.3 Å². The molecular weight excluding hydrogens is 228 g/mol. The zero-order valence-corrected chi connectivity index (χ0v) is 11.7. The lowest BCUT2D eigenvalue weighted by Crippen LogP contribution is -2.60. The minimum Gasteiger partial charge on any atom is -0.458 e. The molecule has 3 atom stereocenters. The van der Waals surface area contributed by atoms with Crippen molar-refractivity contribution in [3.8, 4) is 0 Å². The lowest BCUT2D eigenvalue weighted by atomic mass is 9.48. The molecule has 0 aromatic rings. The van der Waals surface area contributed by atoms with E-state index in [2.05, 4.69) is 20.4 Å². The number of hydrogen-bond donors (Lipinski definition) is 1. The first-order valence-electron chi connectivity index (χ1n) is 6.82. The van der Waals surface area contributed by atoms with Gasteiger partial charge in [-0.05, 0) is 32.6 Å². The topological polar surface area (TPSA) is 46.5 Å². The van der Waals surface area contributed by atoms with E-state index in [1.807, 2.05) is 6.92 Å². The smallest absolute Gasteiger partial charge is 0.310 e. The lowest BCUT2D eigenvalue weighted by molar-refractivity contribution is -0.197. The Balaban J connectivity index is 2.19. The maximum Gasteiger partial charge on any atom is 0.310 e. The third-order valence-electron chi connectivity index (χ3n) is 4.91. The Bertz CT molecular complexity index is 372. The van der Waals surface area contributed by atoms with Crippen LogP contribution in [0.3, 0.4) is 0 Å². The fourth-order valence-electron chi connectivity index (χ4n) is 3.79. The SMILES string of the molecule is C=C(C)CC[C@@]12OC(=O)[C@@H](CCO)[C@@H]1CC2(C)C. The van der Waals surface area contributed by atoms with Crippen molar-refractivity contribution in [3.05, 3.63) is 12.2 Å². The van der Waals surface area contributed by atoms with Crippen molar-refractivity contribution in [2.24, 2.45) is 17.3 Å². The standard InChI is InChI=1S/C15H24O3/c1-10(2)5-7-15-12(9-14(15,3)4)11(6-8-16)13(17)18-15/h11-12,16H,1,5-9H2,2-4H3/t11-,12-,15+/m0/s1. The number of fused-ring (bicyclic) bond motifs is 1. The van der Waals surface area contributed by atoms with Crippen LogP contribution in [0, 0.1) is 17.3 Å². The molecule has 2 rings (SSSR count). The van der Waals surface area contributed by atoms with Gasteiger partial charge in [-0.2, -0.15) is 0 Å². The van der Waals surface area contributed by atoms with Gasteiger partial charge in [-0.1, -0.05) is 19.4 Å².